The van der Waals surface area contributed by atoms with Gasteiger partial charge in [-0.1, -0.05) is 28.9 Å². The average molecular weight is 348 g/mol. The van der Waals surface area contributed by atoms with E-state index in [1.165, 1.54) is 6.92 Å². The third kappa shape index (κ3) is 3.76. The molecule has 0 spiro atoms. The summed E-state index contributed by atoms with van der Waals surface area (Å²) in [6, 6.07) is 8.81. The van der Waals surface area contributed by atoms with Crippen molar-refractivity contribution in [3.63, 3.8) is 0 Å². The molecule has 0 bridgehead atoms. The molecule has 24 heavy (non-hydrogen) atoms. The van der Waals surface area contributed by atoms with Crippen molar-refractivity contribution < 1.29 is 14.1 Å². The van der Waals surface area contributed by atoms with Gasteiger partial charge in [0.25, 0.3) is 5.91 Å². The van der Waals surface area contributed by atoms with Crippen LogP contribution in [-0.4, -0.2) is 41.0 Å². The smallest absolute Gasteiger partial charge is 0.292 e. The van der Waals surface area contributed by atoms with E-state index < -0.39 is 0 Å². The van der Waals surface area contributed by atoms with Gasteiger partial charge in [-0.15, -0.1) is 0 Å². The molecule has 126 valence electrons. The van der Waals surface area contributed by atoms with E-state index in [2.05, 4.69) is 10.5 Å². The van der Waals surface area contributed by atoms with Crippen LogP contribution >= 0.6 is 11.6 Å². The molecular weight excluding hydrogens is 330 g/mol. The maximum Gasteiger partial charge on any atom is 0.292 e. The van der Waals surface area contributed by atoms with Gasteiger partial charge in [0, 0.05) is 42.7 Å². The number of piperidine rings is 1. The molecule has 1 aliphatic heterocycles. The predicted molar refractivity (Wildman–Crippen MR) is 89.7 cm³/mol. The number of carbonyl (C=O) groups excluding carboxylic acids is 2. The van der Waals surface area contributed by atoms with Crippen LogP contribution in [0.5, 0.6) is 0 Å². The van der Waals surface area contributed by atoms with E-state index >= 15 is 0 Å². The van der Waals surface area contributed by atoms with Gasteiger partial charge in [0.1, 0.15) is 5.69 Å². The second-order valence-electron chi connectivity index (χ2n) is 5.88. The van der Waals surface area contributed by atoms with Gasteiger partial charge in [-0.2, -0.15) is 0 Å². The topological polar surface area (TPSA) is 75.4 Å². The van der Waals surface area contributed by atoms with Gasteiger partial charge >= 0.3 is 0 Å². The fraction of sp³-hybridized carbons (Fsp3) is 0.353. The summed E-state index contributed by atoms with van der Waals surface area (Å²) in [7, 11) is 0. The van der Waals surface area contributed by atoms with E-state index in [0.29, 0.717) is 23.8 Å². The summed E-state index contributed by atoms with van der Waals surface area (Å²) < 4.78 is 5.22. The molecule has 1 atom stereocenters. The van der Waals surface area contributed by atoms with Crippen LogP contribution in [0.1, 0.15) is 30.3 Å². The zero-order valence-electron chi connectivity index (χ0n) is 13.3. The quantitative estimate of drug-likeness (QED) is 0.926. The minimum Gasteiger partial charge on any atom is -0.352 e. The van der Waals surface area contributed by atoms with E-state index in [1.807, 2.05) is 12.1 Å². The van der Waals surface area contributed by atoms with Crippen LogP contribution in [0.15, 0.2) is 34.9 Å². The second kappa shape index (κ2) is 7.05. The van der Waals surface area contributed by atoms with E-state index in [1.54, 1.807) is 23.1 Å². The summed E-state index contributed by atoms with van der Waals surface area (Å²) >= 11 is 5.98. The summed E-state index contributed by atoms with van der Waals surface area (Å²) in [4.78, 5) is 25.5. The van der Waals surface area contributed by atoms with Crippen LogP contribution < -0.4 is 5.32 Å². The van der Waals surface area contributed by atoms with Crippen molar-refractivity contribution in [3.8, 4) is 11.3 Å². The highest BCUT2D eigenvalue weighted by Crippen LogP contribution is 2.23. The Labute approximate surface area is 144 Å². The van der Waals surface area contributed by atoms with Crippen LogP contribution in [0.2, 0.25) is 5.02 Å². The van der Waals surface area contributed by atoms with E-state index in [0.717, 1.165) is 18.4 Å². The number of likely N-dealkylation sites (tertiary alicyclic amines) is 1. The number of hydrogen-bond acceptors (Lipinski definition) is 4. The lowest BCUT2D eigenvalue weighted by Crippen LogP contribution is -2.49. The minimum absolute atomic E-state index is 0.0180. The molecule has 3 rings (SSSR count). The Kier molecular flexibility index (Phi) is 4.85. The first-order valence-electron chi connectivity index (χ1n) is 7.82. The Morgan fingerprint density at radius 3 is 2.96 bits per heavy atom. The first kappa shape index (κ1) is 16.5. The zero-order valence-corrected chi connectivity index (χ0v) is 14.0. The predicted octanol–water partition coefficient (Wildman–Crippen LogP) is 2.74. The van der Waals surface area contributed by atoms with Gasteiger partial charge in [0.2, 0.25) is 11.7 Å². The number of hydrogen-bond donors (Lipinski definition) is 1. The third-order valence-corrected chi connectivity index (χ3v) is 4.19. The fourth-order valence-corrected chi connectivity index (χ4v) is 3.07. The average Bonchev–Trinajstić information content (AvgIpc) is 3.04. The van der Waals surface area contributed by atoms with Gasteiger partial charge in [0.05, 0.1) is 0 Å². The normalized spacial score (nSPS) is 17.6. The number of benzene rings is 1. The second-order valence-corrected chi connectivity index (χ2v) is 6.31. The highest BCUT2D eigenvalue weighted by molar-refractivity contribution is 6.30. The molecule has 0 saturated carbocycles. The maximum atomic E-state index is 12.6. The molecule has 2 heterocycles. The molecule has 1 N–H and O–H groups in total. The van der Waals surface area contributed by atoms with Crippen LogP contribution in [0.3, 0.4) is 0 Å². The Morgan fingerprint density at radius 2 is 2.21 bits per heavy atom. The van der Waals surface area contributed by atoms with E-state index in [9.17, 15) is 9.59 Å². The molecule has 2 aromatic rings. The molecule has 0 radical (unpaired) electrons. The van der Waals surface area contributed by atoms with Crippen molar-refractivity contribution in [2.75, 3.05) is 13.1 Å². The van der Waals surface area contributed by atoms with Crippen molar-refractivity contribution in [2.45, 2.75) is 25.8 Å². The molecular formula is C17H18ClN3O3. The maximum absolute atomic E-state index is 12.6. The molecule has 1 aromatic heterocycles. The molecule has 1 aromatic carbocycles. The fourth-order valence-electron chi connectivity index (χ4n) is 2.88. The van der Waals surface area contributed by atoms with Crippen molar-refractivity contribution in [1.29, 1.82) is 0 Å². The Hall–Kier alpha value is -2.34. The lowest BCUT2D eigenvalue weighted by atomic mass is 10.1. The standard InChI is InChI=1S/C17H18ClN3O3/c1-11(22)19-14-6-3-7-21(10-14)17(23)16-9-15(20-24-16)12-4-2-5-13(18)8-12/h2,4-5,8-9,14H,3,6-7,10H2,1H3,(H,19,22)/t14-/m1/s1. The number of amides is 2. The highest BCUT2D eigenvalue weighted by Gasteiger charge is 2.27. The molecule has 1 saturated heterocycles. The molecule has 1 fully saturated rings. The molecule has 1 aliphatic rings. The number of halogens is 1. The number of nitrogens with zero attached hydrogens (tertiary/aromatic N) is 2. The number of rotatable bonds is 3. The molecule has 7 heteroatoms. The van der Waals surface area contributed by atoms with Gasteiger partial charge in [0.15, 0.2) is 0 Å². The van der Waals surface area contributed by atoms with Crippen molar-refractivity contribution in [1.82, 2.24) is 15.4 Å². The van der Waals surface area contributed by atoms with Crippen molar-refractivity contribution in [3.05, 3.63) is 41.1 Å². The van der Waals surface area contributed by atoms with Crippen molar-refractivity contribution in [2.24, 2.45) is 0 Å². The lowest BCUT2D eigenvalue weighted by molar-refractivity contribution is -0.120. The minimum atomic E-state index is -0.217. The molecule has 6 nitrogen and oxygen atoms in total. The van der Waals surface area contributed by atoms with Crippen LogP contribution in [0.25, 0.3) is 11.3 Å². The van der Waals surface area contributed by atoms with Crippen LogP contribution in [0.4, 0.5) is 0 Å². The largest absolute Gasteiger partial charge is 0.352 e. The van der Waals surface area contributed by atoms with Gasteiger partial charge < -0.3 is 14.7 Å². The van der Waals surface area contributed by atoms with Crippen molar-refractivity contribution >= 4 is 23.4 Å². The molecule has 2 amide bonds. The first-order chi connectivity index (χ1) is 11.5. The Balaban J connectivity index is 1.72. The number of nitrogens with one attached hydrogen (secondary N) is 1. The zero-order chi connectivity index (χ0) is 17.1. The summed E-state index contributed by atoms with van der Waals surface area (Å²) in [5.74, 6) is -0.114. The van der Waals surface area contributed by atoms with Gasteiger partial charge in [-0.05, 0) is 25.0 Å². The summed E-state index contributed by atoms with van der Waals surface area (Å²) in [6.07, 6.45) is 1.71. The third-order valence-electron chi connectivity index (χ3n) is 3.96. The SMILES string of the molecule is CC(=O)N[C@@H]1CCCN(C(=O)c2cc(-c3cccc(Cl)c3)no2)C1. The molecule has 0 aliphatic carbocycles. The highest BCUT2D eigenvalue weighted by atomic mass is 35.5. The lowest BCUT2D eigenvalue weighted by Gasteiger charge is -2.32. The van der Waals surface area contributed by atoms with Crippen LogP contribution in [-0.2, 0) is 4.79 Å². The van der Waals surface area contributed by atoms with Gasteiger partial charge in [-0.25, -0.2) is 0 Å². The Morgan fingerprint density at radius 1 is 1.38 bits per heavy atom. The van der Waals surface area contributed by atoms with E-state index in [-0.39, 0.29) is 23.6 Å². The molecule has 0 unspecified atom stereocenters. The Bertz CT molecular complexity index is 759. The monoisotopic (exact) mass is 347 g/mol. The van der Waals surface area contributed by atoms with E-state index in [4.69, 9.17) is 16.1 Å². The van der Waals surface area contributed by atoms with Gasteiger partial charge in [-0.3, -0.25) is 9.59 Å². The summed E-state index contributed by atoms with van der Waals surface area (Å²) in [5.41, 5.74) is 1.36. The van der Waals surface area contributed by atoms with Crippen LogP contribution in [0, 0.1) is 0 Å². The number of carbonyl (C=O) groups is 2. The first-order valence-corrected chi connectivity index (χ1v) is 8.20. The summed E-state index contributed by atoms with van der Waals surface area (Å²) in [5, 5.41) is 7.42. The number of aromatic nitrogens is 1. The summed E-state index contributed by atoms with van der Waals surface area (Å²) in [6.45, 7) is 2.60.